The van der Waals surface area contributed by atoms with Gasteiger partial charge in [-0.3, -0.25) is 14.9 Å². The van der Waals surface area contributed by atoms with Crippen molar-refractivity contribution < 1.29 is 23.6 Å². The summed E-state index contributed by atoms with van der Waals surface area (Å²) in [6.45, 7) is -0.473. The fourth-order valence-electron chi connectivity index (χ4n) is 2.17. The highest BCUT2D eigenvalue weighted by Crippen LogP contribution is 2.29. The fourth-order valence-corrected chi connectivity index (χ4v) is 3.10. The van der Waals surface area contributed by atoms with Crippen molar-refractivity contribution in [2.75, 3.05) is 6.61 Å². The van der Waals surface area contributed by atoms with Crippen molar-refractivity contribution in [1.82, 2.24) is 0 Å². The van der Waals surface area contributed by atoms with Crippen molar-refractivity contribution >= 4 is 38.9 Å². The Morgan fingerprint density at radius 1 is 1.12 bits per heavy atom. The molecule has 8 heteroatoms. The van der Waals surface area contributed by atoms with Gasteiger partial charge in [-0.1, -0.05) is 0 Å². The highest BCUT2D eigenvalue weighted by molar-refractivity contribution is 7.20. The van der Waals surface area contributed by atoms with Crippen LogP contribution in [0.1, 0.15) is 20.0 Å². The van der Waals surface area contributed by atoms with Crippen LogP contribution in [0.2, 0.25) is 0 Å². The van der Waals surface area contributed by atoms with Gasteiger partial charge in [0, 0.05) is 27.8 Å². The molecule has 0 radical (unpaired) electrons. The number of esters is 1. The number of nitro groups is 1. The number of ketones is 1. The second kappa shape index (κ2) is 6.78. The van der Waals surface area contributed by atoms with E-state index in [0.717, 1.165) is 23.5 Å². The van der Waals surface area contributed by atoms with Crippen molar-refractivity contribution in [3.63, 3.8) is 0 Å². The van der Waals surface area contributed by atoms with Crippen LogP contribution >= 0.6 is 11.3 Å². The smallest absolute Gasteiger partial charge is 0.348 e. The minimum atomic E-state index is -0.695. The molecular weight excluding hydrogens is 349 g/mol. The number of hydrogen-bond acceptors (Lipinski definition) is 6. The van der Waals surface area contributed by atoms with E-state index in [2.05, 4.69) is 0 Å². The zero-order valence-corrected chi connectivity index (χ0v) is 13.4. The predicted octanol–water partition coefficient (Wildman–Crippen LogP) is 3.99. The first kappa shape index (κ1) is 16.7. The third-order valence-electron chi connectivity index (χ3n) is 3.41. The van der Waals surface area contributed by atoms with Crippen LogP contribution in [0, 0.1) is 15.9 Å². The summed E-state index contributed by atoms with van der Waals surface area (Å²) in [5.41, 5.74) is 0.165. The van der Waals surface area contributed by atoms with Gasteiger partial charge in [0.2, 0.25) is 0 Å². The minimum absolute atomic E-state index is 0.0725. The van der Waals surface area contributed by atoms with Crippen LogP contribution in [-0.2, 0) is 4.74 Å². The average molecular weight is 359 g/mol. The summed E-state index contributed by atoms with van der Waals surface area (Å²) in [6.07, 6.45) is 0. The van der Waals surface area contributed by atoms with E-state index in [1.807, 2.05) is 0 Å². The quantitative estimate of drug-likeness (QED) is 0.297. The highest BCUT2D eigenvalue weighted by Gasteiger charge is 2.16. The molecule has 126 valence electrons. The second-order valence-electron chi connectivity index (χ2n) is 5.10. The summed E-state index contributed by atoms with van der Waals surface area (Å²) < 4.78 is 18.5. The first-order valence-corrected chi connectivity index (χ1v) is 7.89. The van der Waals surface area contributed by atoms with E-state index < -0.39 is 29.1 Å². The zero-order chi connectivity index (χ0) is 18.0. The Morgan fingerprint density at radius 3 is 2.52 bits per heavy atom. The molecule has 0 N–H and O–H groups in total. The third kappa shape index (κ3) is 3.69. The minimum Gasteiger partial charge on any atom is -0.453 e. The van der Waals surface area contributed by atoms with E-state index in [0.29, 0.717) is 10.1 Å². The number of fused-ring (bicyclic) bond motifs is 1. The number of halogens is 1. The number of carbonyl (C=O) groups excluding carboxylic acids is 2. The Kier molecular flexibility index (Phi) is 4.53. The topological polar surface area (TPSA) is 86.5 Å². The number of nitro benzene ring substituents is 1. The molecule has 0 fully saturated rings. The van der Waals surface area contributed by atoms with Gasteiger partial charge in [-0.25, -0.2) is 9.18 Å². The third-order valence-corrected chi connectivity index (χ3v) is 4.51. The van der Waals surface area contributed by atoms with E-state index >= 15 is 0 Å². The van der Waals surface area contributed by atoms with Gasteiger partial charge in [0.25, 0.3) is 5.69 Å². The maximum atomic E-state index is 12.8. The lowest BCUT2D eigenvalue weighted by Gasteiger charge is -2.02. The summed E-state index contributed by atoms with van der Waals surface area (Å²) in [5.74, 6) is -1.61. The summed E-state index contributed by atoms with van der Waals surface area (Å²) >= 11 is 1.12. The van der Waals surface area contributed by atoms with Crippen LogP contribution in [0.5, 0.6) is 0 Å². The molecule has 0 atom stereocenters. The Hall–Kier alpha value is -3.13. The molecule has 0 bridgehead atoms. The molecule has 0 aliphatic heterocycles. The molecular formula is C17H10FNO5S. The maximum Gasteiger partial charge on any atom is 0.348 e. The van der Waals surface area contributed by atoms with Crippen molar-refractivity contribution in [2.24, 2.45) is 0 Å². The van der Waals surface area contributed by atoms with Gasteiger partial charge >= 0.3 is 5.97 Å². The van der Waals surface area contributed by atoms with Crippen LogP contribution in [0.25, 0.3) is 10.1 Å². The lowest BCUT2D eigenvalue weighted by atomic mass is 10.1. The number of ether oxygens (including phenoxy) is 1. The van der Waals surface area contributed by atoms with Gasteiger partial charge in [-0.2, -0.15) is 0 Å². The predicted molar refractivity (Wildman–Crippen MR) is 89.5 cm³/mol. The average Bonchev–Trinajstić information content (AvgIpc) is 3.03. The summed E-state index contributed by atoms with van der Waals surface area (Å²) in [7, 11) is 0. The van der Waals surface area contributed by atoms with Crippen LogP contribution in [0.3, 0.4) is 0 Å². The molecule has 3 rings (SSSR count). The second-order valence-corrected chi connectivity index (χ2v) is 6.18. The summed E-state index contributed by atoms with van der Waals surface area (Å²) in [6, 6.07) is 10.7. The molecule has 6 nitrogen and oxygen atoms in total. The van der Waals surface area contributed by atoms with E-state index in [-0.39, 0.29) is 16.1 Å². The fraction of sp³-hybridized carbons (Fsp3) is 0.0588. The Labute approximate surface area is 144 Å². The molecule has 25 heavy (non-hydrogen) atoms. The molecule has 0 aliphatic rings. The molecule has 0 saturated heterocycles. The number of non-ortho nitro benzene ring substituents is 1. The van der Waals surface area contributed by atoms with Crippen molar-refractivity contribution in [3.8, 4) is 0 Å². The summed E-state index contributed by atoms with van der Waals surface area (Å²) in [4.78, 5) is 34.5. The molecule has 2 aromatic carbocycles. The molecule has 3 aromatic rings. The summed E-state index contributed by atoms with van der Waals surface area (Å²) in [5, 5.41) is 11.3. The van der Waals surface area contributed by atoms with Gasteiger partial charge in [0.15, 0.2) is 12.4 Å². The van der Waals surface area contributed by atoms with Crippen molar-refractivity contribution in [3.05, 3.63) is 74.9 Å². The molecule has 0 unspecified atom stereocenters. The number of carbonyl (C=O) groups is 2. The first-order valence-electron chi connectivity index (χ1n) is 7.08. The van der Waals surface area contributed by atoms with Gasteiger partial charge in [-0.05, 0) is 36.4 Å². The van der Waals surface area contributed by atoms with Gasteiger partial charge in [0.05, 0.1) is 4.92 Å². The van der Waals surface area contributed by atoms with E-state index in [1.165, 1.54) is 30.3 Å². The maximum absolute atomic E-state index is 12.8. The van der Waals surface area contributed by atoms with Crippen molar-refractivity contribution in [2.45, 2.75) is 0 Å². The molecule has 0 amide bonds. The highest BCUT2D eigenvalue weighted by atomic mass is 32.1. The van der Waals surface area contributed by atoms with Crippen LogP contribution in [0.4, 0.5) is 10.1 Å². The normalized spacial score (nSPS) is 10.6. The molecule has 1 aromatic heterocycles. The Balaban J connectivity index is 1.70. The SMILES string of the molecule is O=C(COC(=O)c1cc2cc([N+](=O)[O-])ccc2s1)c1ccc(F)cc1. The van der Waals surface area contributed by atoms with E-state index in [9.17, 15) is 24.1 Å². The van der Waals surface area contributed by atoms with Gasteiger partial charge in [-0.15, -0.1) is 11.3 Å². The Morgan fingerprint density at radius 2 is 1.84 bits per heavy atom. The van der Waals surface area contributed by atoms with Gasteiger partial charge < -0.3 is 4.74 Å². The number of hydrogen-bond donors (Lipinski definition) is 0. The van der Waals surface area contributed by atoms with Crippen LogP contribution < -0.4 is 0 Å². The molecule has 0 saturated carbocycles. The van der Waals surface area contributed by atoms with Gasteiger partial charge in [0.1, 0.15) is 10.7 Å². The Bertz CT molecular complexity index is 980. The number of benzene rings is 2. The first-order chi connectivity index (χ1) is 11.9. The van der Waals surface area contributed by atoms with Crippen molar-refractivity contribution in [1.29, 1.82) is 0 Å². The number of nitrogens with zero attached hydrogens (tertiary/aromatic N) is 1. The number of thiophene rings is 1. The zero-order valence-electron chi connectivity index (χ0n) is 12.6. The lowest BCUT2D eigenvalue weighted by molar-refractivity contribution is -0.384. The molecule has 0 spiro atoms. The lowest BCUT2D eigenvalue weighted by Crippen LogP contribution is -2.13. The van der Waals surface area contributed by atoms with E-state index in [4.69, 9.17) is 4.74 Å². The van der Waals surface area contributed by atoms with Crippen LogP contribution in [-0.4, -0.2) is 23.3 Å². The molecule has 0 aliphatic carbocycles. The number of rotatable bonds is 5. The van der Waals surface area contributed by atoms with E-state index in [1.54, 1.807) is 6.07 Å². The standard InChI is InChI=1S/C17H10FNO5S/c18-12-3-1-10(2-4-12)14(20)9-24-17(21)16-8-11-7-13(19(22)23)5-6-15(11)25-16/h1-8H,9H2. The van der Waals surface area contributed by atoms with Crippen LogP contribution in [0.15, 0.2) is 48.5 Å². The number of Topliss-reactive ketones (excluding diaryl/α,β-unsaturated/α-hetero) is 1. The molecule has 1 heterocycles. The largest absolute Gasteiger partial charge is 0.453 e. The monoisotopic (exact) mass is 359 g/mol.